The number of carbonyl (C=O) groups excluding carboxylic acids is 1. The molecule has 0 unspecified atom stereocenters. The summed E-state index contributed by atoms with van der Waals surface area (Å²) in [5.41, 5.74) is 0. The molecule has 0 saturated carbocycles. The van der Waals surface area contributed by atoms with Crippen molar-refractivity contribution in [1.29, 1.82) is 0 Å². The highest BCUT2D eigenvalue weighted by Crippen LogP contribution is 2.19. The molecule has 1 aromatic rings. The first-order valence-electron chi connectivity index (χ1n) is 8.97. The Kier molecular flexibility index (Phi) is 10.8. The fraction of sp³-hybridized carbons (Fsp3) is 0.750. The molecule has 26 heavy (non-hydrogen) atoms. The highest BCUT2D eigenvalue weighted by atomic mass is 127. The quantitative estimate of drug-likeness (QED) is 0.338. The number of halogens is 1. The number of rotatable bonds is 7. The molecular formula is C16H30IN7OS. The molecule has 0 atom stereocenters. The van der Waals surface area contributed by atoms with Crippen molar-refractivity contribution in [3.63, 3.8) is 0 Å². The van der Waals surface area contributed by atoms with Gasteiger partial charge in [-0.3, -0.25) is 9.79 Å². The third-order valence-electron chi connectivity index (χ3n) is 4.04. The van der Waals surface area contributed by atoms with E-state index in [1.54, 1.807) is 7.05 Å². The molecule has 1 aromatic heterocycles. The second kappa shape index (κ2) is 12.3. The molecule has 0 radical (unpaired) electrons. The summed E-state index contributed by atoms with van der Waals surface area (Å²) in [5, 5.41) is 7.18. The van der Waals surface area contributed by atoms with Crippen molar-refractivity contribution in [2.75, 3.05) is 51.2 Å². The average Bonchev–Trinajstić information content (AvgIpc) is 3.13. The maximum atomic E-state index is 11.7. The molecular weight excluding hydrogens is 465 g/mol. The SMILES string of the molecule is CCCNC(=O)CCNC(=NC)N1CCN(c2nc(CC)ns2)CC1.I. The fourth-order valence-electron chi connectivity index (χ4n) is 2.60. The van der Waals surface area contributed by atoms with Crippen molar-refractivity contribution in [1.82, 2.24) is 24.9 Å². The van der Waals surface area contributed by atoms with Crippen molar-refractivity contribution in [2.45, 2.75) is 33.1 Å². The second-order valence-electron chi connectivity index (χ2n) is 5.89. The van der Waals surface area contributed by atoms with Crippen LogP contribution in [-0.2, 0) is 11.2 Å². The summed E-state index contributed by atoms with van der Waals surface area (Å²) >= 11 is 1.48. The molecule has 0 aliphatic carbocycles. The molecule has 8 nitrogen and oxygen atoms in total. The van der Waals surface area contributed by atoms with Gasteiger partial charge in [0.1, 0.15) is 5.82 Å². The maximum absolute atomic E-state index is 11.7. The Hall–Kier alpha value is -1.17. The van der Waals surface area contributed by atoms with Crippen LogP contribution >= 0.6 is 35.5 Å². The minimum Gasteiger partial charge on any atom is -0.356 e. The van der Waals surface area contributed by atoms with E-state index in [1.165, 1.54) is 11.5 Å². The number of aliphatic imine (C=N–C) groups is 1. The number of anilines is 1. The zero-order valence-corrected chi connectivity index (χ0v) is 19.0. The van der Waals surface area contributed by atoms with Crippen LogP contribution in [0.1, 0.15) is 32.5 Å². The minimum absolute atomic E-state index is 0. The van der Waals surface area contributed by atoms with E-state index >= 15 is 0 Å². The Bertz CT molecular complexity index is 573. The number of amides is 1. The number of hydrogen-bond acceptors (Lipinski definition) is 6. The largest absolute Gasteiger partial charge is 0.356 e. The topological polar surface area (TPSA) is 85.8 Å². The van der Waals surface area contributed by atoms with E-state index < -0.39 is 0 Å². The molecule has 1 amide bonds. The first-order valence-corrected chi connectivity index (χ1v) is 9.75. The van der Waals surface area contributed by atoms with Crippen LogP contribution < -0.4 is 15.5 Å². The van der Waals surface area contributed by atoms with Gasteiger partial charge in [-0.2, -0.15) is 4.37 Å². The summed E-state index contributed by atoms with van der Waals surface area (Å²) in [6.07, 6.45) is 2.29. The number of aromatic nitrogens is 2. The molecule has 1 aliphatic heterocycles. The van der Waals surface area contributed by atoms with E-state index in [2.05, 4.69) is 41.7 Å². The zero-order valence-electron chi connectivity index (χ0n) is 15.8. The van der Waals surface area contributed by atoms with Crippen LogP contribution in [0.4, 0.5) is 5.13 Å². The van der Waals surface area contributed by atoms with Crippen LogP contribution in [0.25, 0.3) is 0 Å². The summed E-state index contributed by atoms with van der Waals surface area (Å²) in [5.74, 6) is 1.85. The number of piperazine rings is 1. The summed E-state index contributed by atoms with van der Waals surface area (Å²) in [4.78, 5) is 25.1. The van der Waals surface area contributed by atoms with Crippen LogP contribution in [0.2, 0.25) is 0 Å². The van der Waals surface area contributed by atoms with E-state index in [9.17, 15) is 4.79 Å². The van der Waals surface area contributed by atoms with Gasteiger partial charge in [0.2, 0.25) is 11.0 Å². The number of carbonyl (C=O) groups is 1. The third-order valence-corrected chi connectivity index (χ3v) is 4.86. The van der Waals surface area contributed by atoms with E-state index in [-0.39, 0.29) is 29.9 Å². The number of guanidine groups is 1. The highest BCUT2D eigenvalue weighted by molar-refractivity contribution is 14.0. The van der Waals surface area contributed by atoms with E-state index in [1.807, 2.05) is 6.92 Å². The fourth-order valence-corrected chi connectivity index (χ4v) is 3.40. The second-order valence-corrected chi connectivity index (χ2v) is 6.63. The van der Waals surface area contributed by atoms with Gasteiger partial charge in [0.15, 0.2) is 5.96 Å². The molecule has 1 aliphatic rings. The number of aryl methyl sites for hydroxylation is 1. The van der Waals surface area contributed by atoms with Crippen molar-refractivity contribution >= 4 is 52.5 Å². The van der Waals surface area contributed by atoms with Gasteiger partial charge < -0.3 is 20.4 Å². The van der Waals surface area contributed by atoms with Gasteiger partial charge in [-0.15, -0.1) is 24.0 Å². The first-order chi connectivity index (χ1) is 12.2. The predicted molar refractivity (Wildman–Crippen MR) is 118 cm³/mol. The predicted octanol–water partition coefficient (Wildman–Crippen LogP) is 1.33. The molecule has 0 aromatic carbocycles. The molecule has 1 fully saturated rings. The van der Waals surface area contributed by atoms with Gasteiger partial charge in [-0.25, -0.2) is 4.98 Å². The molecule has 0 spiro atoms. The molecule has 2 heterocycles. The van der Waals surface area contributed by atoms with Gasteiger partial charge >= 0.3 is 0 Å². The monoisotopic (exact) mass is 495 g/mol. The lowest BCUT2D eigenvalue weighted by molar-refractivity contribution is -0.120. The average molecular weight is 495 g/mol. The van der Waals surface area contributed by atoms with Gasteiger partial charge in [-0.1, -0.05) is 13.8 Å². The van der Waals surface area contributed by atoms with Crippen LogP contribution in [0, 0.1) is 0 Å². The summed E-state index contributed by atoms with van der Waals surface area (Å²) in [6.45, 7) is 9.00. The molecule has 10 heteroatoms. The lowest BCUT2D eigenvalue weighted by Gasteiger charge is -2.36. The first kappa shape index (κ1) is 22.9. The number of nitrogens with one attached hydrogen (secondary N) is 2. The van der Waals surface area contributed by atoms with Crippen LogP contribution in [0.5, 0.6) is 0 Å². The van der Waals surface area contributed by atoms with Crippen molar-refractivity contribution in [3.8, 4) is 0 Å². The minimum atomic E-state index is 0. The van der Waals surface area contributed by atoms with Gasteiger partial charge in [-0.05, 0) is 6.42 Å². The van der Waals surface area contributed by atoms with Crippen molar-refractivity contribution < 1.29 is 4.79 Å². The Morgan fingerprint density at radius 2 is 1.92 bits per heavy atom. The number of nitrogens with zero attached hydrogens (tertiary/aromatic N) is 5. The summed E-state index contributed by atoms with van der Waals surface area (Å²) in [7, 11) is 1.78. The van der Waals surface area contributed by atoms with Crippen LogP contribution in [0.3, 0.4) is 0 Å². The summed E-state index contributed by atoms with van der Waals surface area (Å²) in [6, 6.07) is 0. The lowest BCUT2D eigenvalue weighted by Crippen LogP contribution is -2.52. The standard InChI is InChI=1S/C16H29N7OS.HI/c1-4-7-18-14(24)6-8-19-15(17-3)22-9-11-23(12-10-22)16-20-13(5-2)21-25-16;/h4-12H2,1-3H3,(H,17,19)(H,18,24);1H. The maximum Gasteiger partial charge on any atom is 0.221 e. The molecule has 2 rings (SSSR count). The Labute approximate surface area is 177 Å². The number of hydrogen-bond donors (Lipinski definition) is 2. The lowest BCUT2D eigenvalue weighted by atomic mass is 10.3. The Balaban J connectivity index is 0.00000338. The molecule has 148 valence electrons. The van der Waals surface area contributed by atoms with Crippen molar-refractivity contribution in [2.24, 2.45) is 4.99 Å². The molecule has 0 bridgehead atoms. The van der Waals surface area contributed by atoms with Crippen molar-refractivity contribution in [3.05, 3.63) is 5.82 Å². The van der Waals surface area contributed by atoms with E-state index in [0.717, 1.165) is 62.5 Å². The van der Waals surface area contributed by atoms with Crippen LogP contribution in [0.15, 0.2) is 4.99 Å². The third kappa shape index (κ3) is 6.86. The van der Waals surface area contributed by atoms with E-state index in [0.29, 0.717) is 13.0 Å². The van der Waals surface area contributed by atoms with E-state index in [4.69, 9.17) is 0 Å². The Morgan fingerprint density at radius 1 is 1.19 bits per heavy atom. The highest BCUT2D eigenvalue weighted by Gasteiger charge is 2.22. The van der Waals surface area contributed by atoms with Gasteiger partial charge in [0.25, 0.3) is 0 Å². The normalized spacial score (nSPS) is 14.8. The van der Waals surface area contributed by atoms with Crippen LogP contribution in [-0.4, -0.2) is 72.4 Å². The summed E-state index contributed by atoms with van der Waals surface area (Å²) < 4.78 is 4.36. The van der Waals surface area contributed by atoms with Gasteiger partial charge in [0, 0.05) is 70.7 Å². The Morgan fingerprint density at radius 3 is 2.50 bits per heavy atom. The molecule has 1 saturated heterocycles. The smallest absolute Gasteiger partial charge is 0.221 e. The zero-order chi connectivity index (χ0) is 18.1. The van der Waals surface area contributed by atoms with Gasteiger partial charge in [0.05, 0.1) is 0 Å². The molecule has 2 N–H and O–H groups in total.